The van der Waals surface area contributed by atoms with E-state index in [1.165, 1.54) is 11.1 Å². The molecular weight excluding hydrogens is 188 g/mol. The third-order valence-electron chi connectivity index (χ3n) is 2.64. The van der Waals surface area contributed by atoms with E-state index in [-0.39, 0.29) is 0 Å². The topological polar surface area (TPSA) is 55.9 Å². The largest absolute Gasteiger partial charge is 0.331 e. The number of hydrogen-bond acceptors (Lipinski definition) is 3. The van der Waals surface area contributed by atoms with Crippen molar-refractivity contribution in [1.29, 1.82) is 0 Å². The first-order valence-corrected chi connectivity index (χ1v) is 5.05. The summed E-state index contributed by atoms with van der Waals surface area (Å²) in [5.74, 6) is 1.04. The number of imidazole rings is 1. The zero-order chi connectivity index (χ0) is 10.8. The van der Waals surface area contributed by atoms with Crippen LogP contribution in [0, 0.1) is 6.92 Å². The highest BCUT2D eigenvalue weighted by molar-refractivity contribution is 5.76. The summed E-state index contributed by atoms with van der Waals surface area (Å²) in [6, 6.07) is 6.31. The minimum atomic E-state index is 0.499. The lowest BCUT2D eigenvalue weighted by atomic mass is 10.2. The summed E-state index contributed by atoms with van der Waals surface area (Å²) in [6.45, 7) is 3.30. The quantitative estimate of drug-likeness (QED) is 0.730. The minimum Gasteiger partial charge on any atom is -0.331 e. The molecule has 0 atom stereocenters. The van der Waals surface area contributed by atoms with Gasteiger partial charge >= 0.3 is 0 Å². The molecule has 0 saturated heterocycles. The average molecular weight is 204 g/mol. The Hall–Kier alpha value is -1.39. The Bertz CT molecular complexity index is 473. The number of aryl methyl sites for hydroxylation is 2. The van der Waals surface area contributed by atoms with Crippen molar-refractivity contribution >= 4 is 11.0 Å². The molecule has 0 fully saturated rings. The van der Waals surface area contributed by atoms with Crippen molar-refractivity contribution in [2.45, 2.75) is 13.5 Å². The molecule has 2 rings (SSSR count). The molecule has 0 bridgehead atoms. The maximum absolute atomic E-state index is 5.39. The van der Waals surface area contributed by atoms with Crippen molar-refractivity contribution in [3.05, 3.63) is 29.6 Å². The Kier molecular flexibility index (Phi) is 2.70. The van der Waals surface area contributed by atoms with E-state index in [2.05, 4.69) is 33.1 Å². The summed E-state index contributed by atoms with van der Waals surface area (Å²) < 4.78 is 2.09. The predicted molar refractivity (Wildman–Crippen MR) is 61.3 cm³/mol. The maximum Gasteiger partial charge on any atom is 0.106 e. The van der Waals surface area contributed by atoms with Crippen molar-refractivity contribution in [3.8, 4) is 0 Å². The van der Waals surface area contributed by atoms with E-state index in [1.54, 1.807) is 0 Å². The molecule has 4 nitrogen and oxygen atoms in total. The number of nitrogens with zero attached hydrogens (tertiary/aromatic N) is 2. The number of nitrogens with two attached hydrogens (primary N) is 1. The highest BCUT2D eigenvalue weighted by Crippen LogP contribution is 2.16. The van der Waals surface area contributed by atoms with Crippen LogP contribution in [0.4, 0.5) is 0 Å². The van der Waals surface area contributed by atoms with E-state index in [0.717, 1.165) is 17.9 Å². The SMILES string of the molecule is Cc1nc2cc(CNCN)ccc2n1C. The molecule has 80 valence electrons. The molecule has 1 heterocycles. The zero-order valence-corrected chi connectivity index (χ0v) is 9.12. The molecule has 15 heavy (non-hydrogen) atoms. The highest BCUT2D eigenvalue weighted by atomic mass is 15.0. The van der Waals surface area contributed by atoms with Gasteiger partial charge in [0.25, 0.3) is 0 Å². The van der Waals surface area contributed by atoms with Crippen LogP contribution in [-0.4, -0.2) is 16.2 Å². The second-order valence-electron chi connectivity index (χ2n) is 3.67. The second kappa shape index (κ2) is 4.00. The van der Waals surface area contributed by atoms with Crippen molar-refractivity contribution < 1.29 is 0 Å². The van der Waals surface area contributed by atoms with E-state index in [4.69, 9.17) is 5.73 Å². The molecule has 0 unspecified atom stereocenters. The predicted octanol–water partition coefficient (Wildman–Crippen LogP) is 0.888. The number of rotatable bonds is 3. The van der Waals surface area contributed by atoms with Crippen LogP contribution < -0.4 is 11.1 Å². The Morgan fingerprint density at radius 1 is 1.47 bits per heavy atom. The van der Waals surface area contributed by atoms with E-state index >= 15 is 0 Å². The molecule has 2 aromatic rings. The standard InChI is InChI=1S/C11H16N4/c1-8-14-10-5-9(6-13-7-12)3-4-11(10)15(8)2/h3-5,13H,6-7,12H2,1-2H3. The van der Waals surface area contributed by atoms with E-state index in [1.807, 2.05) is 14.0 Å². The van der Waals surface area contributed by atoms with Crippen molar-refractivity contribution in [2.75, 3.05) is 6.67 Å². The van der Waals surface area contributed by atoms with Crippen LogP contribution in [-0.2, 0) is 13.6 Å². The number of benzene rings is 1. The molecule has 0 amide bonds. The van der Waals surface area contributed by atoms with Crippen molar-refractivity contribution in [3.63, 3.8) is 0 Å². The first-order chi connectivity index (χ1) is 7.22. The van der Waals surface area contributed by atoms with Gasteiger partial charge < -0.3 is 15.6 Å². The van der Waals surface area contributed by atoms with Gasteiger partial charge in [0.05, 0.1) is 11.0 Å². The van der Waals surface area contributed by atoms with Gasteiger partial charge in [-0.15, -0.1) is 0 Å². The molecule has 1 aromatic heterocycles. The summed E-state index contributed by atoms with van der Waals surface area (Å²) in [5, 5.41) is 3.09. The number of nitrogens with one attached hydrogen (secondary N) is 1. The summed E-state index contributed by atoms with van der Waals surface area (Å²) in [4.78, 5) is 4.49. The van der Waals surface area contributed by atoms with Gasteiger partial charge in [-0.2, -0.15) is 0 Å². The third kappa shape index (κ3) is 1.86. The molecule has 1 aromatic carbocycles. The lowest BCUT2D eigenvalue weighted by Crippen LogP contribution is -2.21. The fourth-order valence-corrected chi connectivity index (χ4v) is 1.69. The Labute approximate surface area is 89.1 Å². The normalized spacial score (nSPS) is 11.1. The molecule has 0 spiro atoms. The lowest BCUT2D eigenvalue weighted by Gasteiger charge is -2.02. The lowest BCUT2D eigenvalue weighted by molar-refractivity contribution is 0.709. The Balaban J connectivity index is 2.39. The van der Waals surface area contributed by atoms with Gasteiger partial charge in [-0.1, -0.05) is 6.07 Å². The van der Waals surface area contributed by atoms with Crippen LogP contribution >= 0.6 is 0 Å². The third-order valence-corrected chi connectivity index (χ3v) is 2.64. The van der Waals surface area contributed by atoms with Gasteiger partial charge in [-0.25, -0.2) is 4.98 Å². The fraction of sp³-hybridized carbons (Fsp3) is 0.364. The Morgan fingerprint density at radius 3 is 3.00 bits per heavy atom. The van der Waals surface area contributed by atoms with Crippen LogP contribution in [0.5, 0.6) is 0 Å². The van der Waals surface area contributed by atoms with Gasteiger partial charge in [0, 0.05) is 20.3 Å². The van der Waals surface area contributed by atoms with Crippen LogP contribution in [0.25, 0.3) is 11.0 Å². The number of aromatic nitrogens is 2. The monoisotopic (exact) mass is 204 g/mol. The van der Waals surface area contributed by atoms with Crippen LogP contribution in [0.3, 0.4) is 0 Å². The van der Waals surface area contributed by atoms with Gasteiger partial charge in [0.2, 0.25) is 0 Å². The van der Waals surface area contributed by atoms with Crippen molar-refractivity contribution in [2.24, 2.45) is 12.8 Å². The van der Waals surface area contributed by atoms with Crippen LogP contribution in [0.15, 0.2) is 18.2 Å². The highest BCUT2D eigenvalue weighted by Gasteiger charge is 2.03. The van der Waals surface area contributed by atoms with Gasteiger partial charge in [-0.3, -0.25) is 0 Å². The molecule has 0 saturated carbocycles. The van der Waals surface area contributed by atoms with Crippen molar-refractivity contribution in [1.82, 2.24) is 14.9 Å². The molecule has 4 heteroatoms. The summed E-state index contributed by atoms with van der Waals surface area (Å²) in [7, 11) is 2.03. The first kappa shape index (κ1) is 10.1. The number of hydrogen-bond donors (Lipinski definition) is 2. The van der Waals surface area contributed by atoms with Crippen LogP contribution in [0.1, 0.15) is 11.4 Å². The zero-order valence-electron chi connectivity index (χ0n) is 9.12. The first-order valence-electron chi connectivity index (χ1n) is 5.05. The molecule has 3 N–H and O–H groups in total. The van der Waals surface area contributed by atoms with Crippen LogP contribution in [0.2, 0.25) is 0 Å². The van der Waals surface area contributed by atoms with E-state index in [9.17, 15) is 0 Å². The minimum absolute atomic E-state index is 0.499. The summed E-state index contributed by atoms with van der Waals surface area (Å²) in [5.41, 5.74) is 8.82. The summed E-state index contributed by atoms with van der Waals surface area (Å²) >= 11 is 0. The van der Waals surface area contributed by atoms with Gasteiger partial charge in [0.15, 0.2) is 0 Å². The van der Waals surface area contributed by atoms with Gasteiger partial charge in [0.1, 0.15) is 5.82 Å². The molecule has 0 aliphatic rings. The molecular formula is C11H16N4. The maximum atomic E-state index is 5.39. The molecule has 0 radical (unpaired) electrons. The average Bonchev–Trinajstić information content (AvgIpc) is 2.52. The van der Waals surface area contributed by atoms with E-state index in [0.29, 0.717) is 6.67 Å². The van der Waals surface area contributed by atoms with Gasteiger partial charge in [-0.05, 0) is 24.6 Å². The van der Waals surface area contributed by atoms with E-state index < -0.39 is 0 Å². The Morgan fingerprint density at radius 2 is 2.27 bits per heavy atom. The summed E-state index contributed by atoms with van der Waals surface area (Å²) in [6.07, 6.45) is 0. The molecule has 0 aliphatic carbocycles. The number of fused-ring (bicyclic) bond motifs is 1. The fourth-order valence-electron chi connectivity index (χ4n) is 1.69. The second-order valence-corrected chi connectivity index (χ2v) is 3.67. The smallest absolute Gasteiger partial charge is 0.106 e. The molecule has 0 aliphatic heterocycles.